The van der Waals surface area contributed by atoms with E-state index < -0.39 is 11.7 Å². The van der Waals surface area contributed by atoms with Gasteiger partial charge < -0.3 is 4.42 Å². The van der Waals surface area contributed by atoms with Gasteiger partial charge in [0.2, 0.25) is 5.89 Å². The molecule has 0 amide bonds. The summed E-state index contributed by atoms with van der Waals surface area (Å²) in [6, 6.07) is 7.11. The lowest BCUT2D eigenvalue weighted by atomic mass is 9.94. The highest BCUT2D eigenvalue weighted by atomic mass is 19.4. The molecule has 0 saturated heterocycles. The minimum absolute atomic E-state index is 0.181. The van der Waals surface area contributed by atoms with E-state index in [1.54, 1.807) is 12.4 Å². The summed E-state index contributed by atoms with van der Waals surface area (Å²) in [6.45, 7) is 2.10. The predicted molar refractivity (Wildman–Crippen MR) is 102 cm³/mol. The maximum absolute atomic E-state index is 13.0. The van der Waals surface area contributed by atoms with Crippen LogP contribution in [0.4, 0.5) is 13.2 Å². The lowest BCUT2D eigenvalue weighted by Gasteiger charge is -2.11. The monoisotopic (exact) mass is 382 g/mol. The van der Waals surface area contributed by atoms with E-state index in [-0.39, 0.29) is 11.4 Å². The number of hydrogen-bond acceptors (Lipinski definition) is 3. The third kappa shape index (κ3) is 3.50. The standard InChI is InChI=1S/C22H17F3N2O/c1-2-14-4-3-5-17(18(12-14)15-8-10-26-11-9-15)21-27-19-13-16(22(23,24)25)6-7-20(19)28-21/h3-14H,2H2,1H3. The molecule has 4 rings (SSSR count). The van der Waals surface area contributed by atoms with Crippen LogP contribution in [0.3, 0.4) is 0 Å². The number of oxazole rings is 1. The average molecular weight is 382 g/mol. The van der Waals surface area contributed by atoms with Gasteiger partial charge in [-0.1, -0.05) is 25.2 Å². The fourth-order valence-electron chi connectivity index (χ4n) is 3.19. The number of rotatable bonds is 3. The molecule has 1 aromatic carbocycles. The van der Waals surface area contributed by atoms with E-state index in [0.29, 0.717) is 11.5 Å². The molecular formula is C22H17F3N2O. The number of fused-ring (bicyclic) bond motifs is 1. The van der Waals surface area contributed by atoms with Crippen molar-refractivity contribution in [2.45, 2.75) is 19.5 Å². The molecule has 0 saturated carbocycles. The molecule has 3 aromatic rings. The second-order valence-corrected chi connectivity index (χ2v) is 6.55. The van der Waals surface area contributed by atoms with Crippen molar-refractivity contribution in [2.24, 2.45) is 5.92 Å². The van der Waals surface area contributed by atoms with Crippen LogP contribution in [0.25, 0.3) is 22.2 Å². The van der Waals surface area contributed by atoms with Gasteiger partial charge in [0, 0.05) is 18.0 Å². The highest BCUT2D eigenvalue weighted by Crippen LogP contribution is 2.37. The van der Waals surface area contributed by atoms with Gasteiger partial charge in [0.05, 0.1) is 5.56 Å². The molecule has 1 aliphatic rings. The fraction of sp³-hybridized carbons (Fsp3) is 0.182. The van der Waals surface area contributed by atoms with Crippen LogP contribution >= 0.6 is 0 Å². The zero-order valence-corrected chi connectivity index (χ0v) is 15.1. The van der Waals surface area contributed by atoms with Crippen molar-refractivity contribution in [3.8, 4) is 0 Å². The molecule has 0 fully saturated rings. The smallest absolute Gasteiger partial charge is 0.416 e. The summed E-state index contributed by atoms with van der Waals surface area (Å²) in [6.07, 6.45) is 7.94. The van der Waals surface area contributed by atoms with Crippen molar-refractivity contribution in [1.82, 2.24) is 9.97 Å². The number of pyridine rings is 1. The lowest BCUT2D eigenvalue weighted by molar-refractivity contribution is -0.137. The quantitative estimate of drug-likeness (QED) is 0.533. The third-order valence-corrected chi connectivity index (χ3v) is 4.70. The van der Waals surface area contributed by atoms with E-state index >= 15 is 0 Å². The zero-order valence-electron chi connectivity index (χ0n) is 15.1. The molecule has 3 nitrogen and oxygen atoms in total. The van der Waals surface area contributed by atoms with Crippen molar-refractivity contribution in [3.05, 3.63) is 84.0 Å². The Hall–Kier alpha value is -3.15. The number of aromatic nitrogens is 2. The molecule has 0 N–H and O–H groups in total. The molecule has 28 heavy (non-hydrogen) atoms. The summed E-state index contributed by atoms with van der Waals surface area (Å²) in [4.78, 5) is 8.41. The molecule has 1 aliphatic carbocycles. The van der Waals surface area contributed by atoms with Crippen LogP contribution in [0.2, 0.25) is 0 Å². The van der Waals surface area contributed by atoms with E-state index in [9.17, 15) is 13.2 Å². The first kappa shape index (κ1) is 18.2. The van der Waals surface area contributed by atoms with Gasteiger partial charge in [0.1, 0.15) is 5.52 Å². The van der Waals surface area contributed by atoms with Crippen LogP contribution in [0.5, 0.6) is 0 Å². The van der Waals surface area contributed by atoms with Crippen LogP contribution in [0.15, 0.2) is 71.4 Å². The first-order valence-electron chi connectivity index (χ1n) is 8.95. The Morgan fingerprint density at radius 1 is 1.07 bits per heavy atom. The summed E-state index contributed by atoms with van der Waals surface area (Å²) >= 11 is 0. The lowest BCUT2D eigenvalue weighted by Crippen LogP contribution is -2.03. The molecule has 1 unspecified atom stereocenters. The highest BCUT2D eigenvalue weighted by Gasteiger charge is 2.31. The van der Waals surface area contributed by atoms with E-state index in [2.05, 4.69) is 29.0 Å². The Morgan fingerprint density at radius 3 is 2.57 bits per heavy atom. The molecule has 0 radical (unpaired) electrons. The second-order valence-electron chi connectivity index (χ2n) is 6.55. The summed E-state index contributed by atoms with van der Waals surface area (Å²) < 4.78 is 44.8. The van der Waals surface area contributed by atoms with Gasteiger partial charge >= 0.3 is 6.18 Å². The van der Waals surface area contributed by atoms with Gasteiger partial charge in [-0.05, 0) is 59.9 Å². The van der Waals surface area contributed by atoms with Crippen molar-refractivity contribution < 1.29 is 17.6 Å². The van der Waals surface area contributed by atoms with Gasteiger partial charge in [-0.15, -0.1) is 0 Å². The van der Waals surface area contributed by atoms with Gasteiger partial charge in [-0.25, -0.2) is 4.98 Å². The fourth-order valence-corrected chi connectivity index (χ4v) is 3.19. The van der Waals surface area contributed by atoms with Gasteiger partial charge in [-0.3, -0.25) is 4.98 Å². The van der Waals surface area contributed by atoms with Crippen LogP contribution in [0.1, 0.15) is 30.4 Å². The maximum Gasteiger partial charge on any atom is 0.416 e. The van der Waals surface area contributed by atoms with Gasteiger partial charge in [0.25, 0.3) is 0 Å². The Balaban J connectivity index is 1.83. The molecule has 6 heteroatoms. The number of benzene rings is 1. The normalized spacial score (nSPS) is 17.4. The molecular weight excluding hydrogens is 365 g/mol. The van der Waals surface area contributed by atoms with Crippen LogP contribution in [-0.4, -0.2) is 9.97 Å². The Morgan fingerprint density at radius 2 is 1.86 bits per heavy atom. The highest BCUT2D eigenvalue weighted by molar-refractivity contribution is 6.04. The largest absolute Gasteiger partial charge is 0.436 e. The van der Waals surface area contributed by atoms with Crippen molar-refractivity contribution in [1.29, 1.82) is 0 Å². The summed E-state index contributed by atoms with van der Waals surface area (Å²) in [5.74, 6) is 0.525. The number of alkyl halides is 3. The SMILES string of the molecule is CCC1C=CC=C(c2nc3cc(C(F)(F)F)ccc3o2)C(c2ccncc2)=C1. The number of halogens is 3. The minimum Gasteiger partial charge on any atom is -0.436 e. The number of hydrogen-bond donors (Lipinski definition) is 0. The van der Waals surface area contributed by atoms with E-state index in [1.165, 1.54) is 6.07 Å². The topological polar surface area (TPSA) is 38.9 Å². The summed E-state index contributed by atoms with van der Waals surface area (Å²) in [5.41, 5.74) is 2.34. The van der Waals surface area contributed by atoms with E-state index in [1.807, 2.05) is 24.3 Å². The summed E-state index contributed by atoms with van der Waals surface area (Å²) in [7, 11) is 0. The van der Waals surface area contributed by atoms with Crippen LogP contribution < -0.4 is 0 Å². The first-order chi connectivity index (χ1) is 13.5. The molecule has 2 aromatic heterocycles. The van der Waals surface area contributed by atoms with Gasteiger partial charge in [-0.2, -0.15) is 13.2 Å². The van der Waals surface area contributed by atoms with E-state index in [4.69, 9.17) is 4.42 Å². The van der Waals surface area contributed by atoms with Crippen LogP contribution in [0, 0.1) is 5.92 Å². The third-order valence-electron chi connectivity index (χ3n) is 4.70. The molecule has 0 bridgehead atoms. The minimum atomic E-state index is -4.42. The van der Waals surface area contributed by atoms with Gasteiger partial charge in [0.15, 0.2) is 5.58 Å². The van der Waals surface area contributed by atoms with Crippen molar-refractivity contribution >= 4 is 22.2 Å². The molecule has 0 spiro atoms. The number of nitrogens with zero attached hydrogens (tertiary/aromatic N) is 2. The second kappa shape index (κ2) is 7.11. The Bertz CT molecular complexity index is 1090. The average Bonchev–Trinajstić information content (AvgIpc) is 2.99. The van der Waals surface area contributed by atoms with Crippen molar-refractivity contribution in [3.63, 3.8) is 0 Å². The van der Waals surface area contributed by atoms with Crippen LogP contribution in [-0.2, 0) is 6.18 Å². The molecule has 0 aliphatic heterocycles. The summed E-state index contributed by atoms with van der Waals surface area (Å²) in [5, 5.41) is 0. The predicted octanol–water partition coefficient (Wildman–Crippen LogP) is 6.30. The molecule has 142 valence electrons. The van der Waals surface area contributed by atoms with E-state index in [0.717, 1.165) is 35.3 Å². The zero-order chi connectivity index (χ0) is 19.7. The number of allylic oxidation sites excluding steroid dienone is 6. The molecule has 2 heterocycles. The molecule has 1 atom stereocenters. The van der Waals surface area contributed by atoms with Crippen molar-refractivity contribution in [2.75, 3.05) is 0 Å². The Kier molecular flexibility index (Phi) is 4.63. The first-order valence-corrected chi connectivity index (χ1v) is 8.95. The Labute approximate surface area is 159 Å². The maximum atomic E-state index is 13.0.